The van der Waals surface area contributed by atoms with Crippen molar-refractivity contribution in [1.82, 2.24) is 14.8 Å². The van der Waals surface area contributed by atoms with Crippen LogP contribution in [0.15, 0.2) is 22.8 Å². The predicted molar refractivity (Wildman–Crippen MR) is 47.2 cm³/mol. The lowest BCUT2D eigenvalue weighted by Crippen LogP contribution is -1.96. The molecular formula is C7H6BrN3O. The van der Waals surface area contributed by atoms with Gasteiger partial charge >= 0.3 is 0 Å². The fourth-order valence-corrected chi connectivity index (χ4v) is 1.32. The first-order chi connectivity index (χ1) is 5.81. The number of aromatic nitrogens is 3. The lowest BCUT2D eigenvalue weighted by molar-refractivity contribution is 0.387. The van der Waals surface area contributed by atoms with E-state index in [4.69, 9.17) is 4.74 Å². The number of hydrogen-bond donors (Lipinski definition) is 0. The molecule has 0 aromatic carbocycles. The highest BCUT2D eigenvalue weighted by atomic mass is 79.9. The maximum atomic E-state index is 4.94. The normalized spacial score (nSPS) is 10.5. The van der Waals surface area contributed by atoms with E-state index in [0.717, 1.165) is 9.99 Å². The van der Waals surface area contributed by atoms with Gasteiger partial charge in [0.2, 0.25) is 5.88 Å². The molecule has 12 heavy (non-hydrogen) atoms. The van der Waals surface area contributed by atoms with E-state index in [2.05, 4.69) is 26.1 Å². The first kappa shape index (κ1) is 7.54. The molecular weight excluding hydrogens is 222 g/mol. The number of nitrogens with zero attached hydrogens (tertiary/aromatic N) is 3. The third-order valence-electron chi connectivity index (χ3n) is 1.53. The molecule has 4 nitrogen and oxygen atoms in total. The molecule has 0 aliphatic carbocycles. The van der Waals surface area contributed by atoms with Crippen molar-refractivity contribution in [2.24, 2.45) is 0 Å². The second kappa shape index (κ2) is 2.75. The second-order valence-electron chi connectivity index (χ2n) is 2.24. The molecule has 0 fully saturated rings. The monoisotopic (exact) mass is 227 g/mol. The molecule has 0 aliphatic heterocycles. The van der Waals surface area contributed by atoms with Crippen LogP contribution >= 0.6 is 15.9 Å². The maximum Gasteiger partial charge on any atom is 0.233 e. The standard InChI is InChI=1S/C7H6BrN3O/c1-12-7-3-2-6-5(8)4-9-11(6)10-7/h2-4H,1H3. The van der Waals surface area contributed by atoms with Gasteiger partial charge in [-0.2, -0.15) is 5.10 Å². The first-order valence-electron chi connectivity index (χ1n) is 3.36. The minimum atomic E-state index is 0.554. The lowest BCUT2D eigenvalue weighted by Gasteiger charge is -1.97. The van der Waals surface area contributed by atoms with Crippen LogP contribution in [0, 0.1) is 0 Å². The summed E-state index contributed by atoms with van der Waals surface area (Å²) in [5.74, 6) is 0.554. The largest absolute Gasteiger partial charge is 0.480 e. The molecule has 0 unspecified atom stereocenters. The summed E-state index contributed by atoms with van der Waals surface area (Å²) in [4.78, 5) is 0. The number of rotatable bonds is 1. The fraction of sp³-hybridized carbons (Fsp3) is 0.143. The smallest absolute Gasteiger partial charge is 0.233 e. The van der Waals surface area contributed by atoms with Gasteiger partial charge in [0.15, 0.2) is 0 Å². The van der Waals surface area contributed by atoms with Gasteiger partial charge in [-0.15, -0.1) is 9.73 Å². The van der Waals surface area contributed by atoms with Crippen LogP contribution in [0.1, 0.15) is 0 Å². The van der Waals surface area contributed by atoms with Gasteiger partial charge in [-0.1, -0.05) is 0 Å². The summed E-state index contributed by atoms with van der Waals surface area (Å²) in [6, 6.07) is 3.69. The Balaban J connectivity index is 2.69. The molecule has 0 bridgehead atoms. The van der Waals surface area contributed by atoms with Gasteiger partial charge < -0.3 is 4.74 Å². The maximum absolute atomic E-state index is 4.94. The van der Waals surface area contributed by atoms with E-state index in [1.807, 2.05) is 6.07 Å². The van der Waals surface area contributed by atoms with Gasteiger partial charge in [0.25, 0.3) is 0 Å². The molecule has 5 heteroatoms. The van der Waals surface area contributed by atoms with Gasteiger partial charge in [0.05, 0.1) is 17.8 Å². The third-order valence-corrected chi connectivity index (χ3v) is 2.14. The number of methoxy groups -OCH3 is 1. The Morgan fingerprint density at radius 2 is 2.33 bits per heavy atom. The summed E-state index contributed by atoms with van der Waals surface area (Å²) in [5.41, 5.74) is 0.927. The molecule has 0 N–H and O–H groups in total. The summed E-state index contributed by atoms with van der Waals surface area (Å²) >= 11 is 3.35. The Bertz CT molecular complexity index is 412. The number of fused-ring (bicyclic) bond motifs is 1. The van der Waals surface area contributed by atoms with Crippen LogP contribution in [-0.4, -0.2) is 21.9 Å². The molecule has 2 rings (SSSR count). The molecule has 0 saturated carbocycles. The van der Waals surface area contributed by atoms with Crippen molar-refractivity contribution in [3.05, 3.63) is 22.8 Å². The van der Waals surface area contributed by atoms with Crippen molar-refractivity contribution < 1.29 is 4.74 Å². The molecule has 0 spiro atoms. The van der Waals surface area contributed by atoms with Gasteiger partial charge in [-0.3, -0.25) is 0 Å². The van der Waals surface area contributed by atoms with E-state index in [1.165, 1.54) is 4.63 Å². The summed E-state index contributed by atoms with van der Waals surface area (Å²) < 4.78 is 7.39. The zero-order chi connectivity index (χ0) is 8.55. The van der Waals surface area contributed by atoms with Crippen LogP contribution in [0.2, 0.25) is 0 Å². The summed E-state index contributed by atoms with van der Waals surface area (Å²) in [6.07, 6.45) is 1.70. The minimum Gasteiger partial charge on any atom is -0.480 e. The number of halogens is 1. The Labute approximate surface area is 77.3 Å². The van der Waals surface area contributed by atoms with E-state index in [0.29, 0.717) is 5.88 Å². The summed E-state index contributed by atoms with van der Waals surface area (Å²) in [7, 11) is 1.58. The first-order valence-corrected chi connectivity index (χ1v) is 4.15. The van der Waals surface area contributed by atoms with Gasteiger partial charge in [0, 0.05) is 6.07 Å². The van der Waals surface area contributed by atoms with Crippen LogP contribution in [0.25, 0.3) is 5.52 Å². The topological polar surface area (TPSA) is 39.4 Å². The third kappa shape index (κ3) is 1.06. The van der Waals surface area contributed by atoms with E-state index in [-0.39, 0.29) is 0 Å². The summed E-state index contributed by atoms with van der Waals surface area (Å²) in [5, 5.41) is 8.07. The molecule has 2 aromatic rings. The van der Waals surface area contributed by atoms with E-state index < -0.39 is 0 Å². The zero-order valence-electron chi connectivity index (χ0n) is 6.36. The molecule has 0 saturated heterocycles. The predicted octanol–water partition coefficient (Wildman–Crippen LogP) is 1.50. The molecule has 2 aromatic heterocycles. The molecule has 62 valence electrons. The van der Waals surface area contributed by atoms with Crippen LogP contribution < -0.4 is 4.74 Å². The molecule has 0 atom stereocenters. The molecule has 0 radical (unpaired) electrons. The average molecular weight is 228 g/mol. The molecule has 0 amide bonds. The van der Waals surface area contributed by atoms with E-state index in [9.17, 15) is 0 Å². The molecule has 2 heterocycles. The Kier molecular flexibility index (Phi) is 1.73. The van der Waals surface area contributed by atoms with Crippen molar-refractivity contribution in [1.29, 1.82) is 0 Å². The Morgan fingerprint density at radius 1 is 1.50 bits per heavy atom. The van der Waals surface area contributed by atoms with Crippen LogP contribution in [0.5, 0.6) is 5.88 Å². The van der Waals surface area contributed by atoms with Crippen molar-refractivity contribution in [3.63, 3.8) is 0 Å². The van der Waals surface area contributed by atoms with E-state index in [1.54, 1.807) is 19.4 Å². The SMILES string of the molecule is COc1ccc2c(Br)cnn2n1. The van der Waals surface area contributed by atoms with Gasteiger partial charge in [-0.25, -0.2) is 0 Å². The molecule has 0 aliphatic rings. The van der Waals surface area contributed by atoms with E-state index >= 15 is 0 Å². The van der Waals surface area contributed by atoms with Crippen LogP contribution in [0.4, 0.5) is 0 Å². The zero-order valence-corrected chi connectivity index (χ0v) is 7.95. The fourth-order valence-electron chi connectivity index (χ4n) is 0.941. The number of ether oxygens (including phenoxy) is 1. The van der Waals surface area contributed by atoms with Crippen LogP contribution in [-0.2, 0) is 0 Å². The second-order valence-corrected chi connectivity index (χ2v) is 3.10. The minimum absolute atomic E-state index is 0.554. The summed E-state index contributed by atoms with van der Waals surface area (Å²) in [6.45, 7) is 0. The van der Waals surface area contributed by atoms with Crippen molar-refractivity contribution in [2.45, 2.75) is 0 Å². The van der Waals surface area contributed by atoms with Gasteiger partial charge in [0.1, 0.15) is 5.52 Å². The van der Waals surface area contributed by atoms with Crippen LogP contribution in [0.3, 0.4) is 0 Å². The Morgan fingerprint density at radius 3 is 3.08 bits per heavy atom. The van der Waals surface area contributed by atoms with Crippen molar-refractivity contribution >= 4 is 21.4 Å². The highest BCUT2D eigenvalue weighted by molar-refractivity contribution is 9.10. The average Bonchev–Trinajstić information content (AvgIpc) is 2.47. The van der Waals surface area contributed by atoms with Crippen molar-refractivity contribution in [3.8, 4) is 5.88 Å². The number of hydrogen-bond acceptors (Lipinski definition) is 3. The Hall–Kier alpha value is -1.10. The van der Waals surface area contributed by atoms with Gasteiger partial charge in [-0.05, 0) is 22.0 Å². The van der Waals surface area contributed by atoms with Crippen molar-refractivity contribution in [2.75, 3.05) is 7.11 Å². The lowest BCUT2D eigenvalue weighted by atomic mass is 10.4. The highest BCUT2D eigenvalue weighted by Gasteiger charge is 2.01. The highest BCUT2D eigenvalue weighted by Crippen LogP contribution is 2.17. The quantitative estimate of drug-likeness (QED) is 0.742.